The Balaban J connectivity index is 1.93. The number of carbonyl (C=O) groups is 2. The molecule has 2 aromatic rings. The Hall–Kier alpha value is -2.64. The lowest BCUT2D eigenvalue weighted by atomic mass is 10.1. The molecule has 1 amide bonds. The third-order valence-corrected chi connectivity index (χ3v) is 3.09. The van der Waals surface area contributed by atoms with Crippen LogP contribution in [-0.2, 0) is 21.7 Å². The largest absolute Gasteiger partial charge is 0.479 e. The van der Waals surface area contributed by atoms with Gasteiger partial charge in [-0.3, -0.25) is 14.2 Å². The predicted molar refractivity (Wildman–Crippen MR) is 74.7 cm³/mol. The van der Waals surface area contributed by atoms with Gasteiger partial charge in [0.1, 0.15) is 0 Å². The molecule has 0 saturated heterocycles. The summed E-state index contributed by atoms with van der Waals surface area (Å²) in [7, 11) is 0. The summed E-state index contributed by atoms with van der Waals surface area (Å²) < 4.78 is 2.97. The van der Waals surface area contributed by atoms with Crippen molar-refractivity contribution in [3.8, 4) is 0 Å². The number of aryl methyl sites for hydroxylation is 1. The van der Waals surface area contributed by atoms with Crippen molar-refractivity contribution in [1.29, 1.82) is 0 Å². The monoisotopic (exact) mass is 291 g/mol. The van der Waals surface area contributed by atoms with Crippen molar-refractivity contribution in [2.45, 2.75) is 32.4 Å². The summed E-state index contributed by atoms with van der Waals surface area (Å²) in [4.78, 5) is 22.9. The molecule has 2 heterocycles. The highest BCUT2D eigenvalue weighted by molar-refractivity contribution is 5.90. The molecule has 0 aliphatic carbocycles. The molecule has 21 heavy (non-hydrogen) atoms. The minimum absolute atomic E-state index is 0.182. The molecule has 0 aromatic carbocycles. The van der Waals surface area contributed by atoms with Gasteiger partial charge < -0.3 is 10.4 Å². The Labute approximate surface area is 121 Å². The first-order chi connectivity index (χ1) is 9.89. The maximum atomic E-state index is 11.8. The summed E-state index contributed by atoms with van der Waals surface area (Å²) in [6, 6.07) is 1.79. The number of aliphatic carboxylic acids is 1. The van der Waals surface area contributed by atoms with E-state index in [1.807, 2.05) is 0 Å². The molecular formula is C13H17N5O3. The number of carbonyl (C=O) groups excluding carboxylic acids is 1. The van der Waals surface area contributed by atoms with Crippen molar-refractivity contribution in [2.75, 3.05) is 5.32 Å². The zero-order valence-corrected chi connectivity index (χ0v) is 11.9. The zero-order valence-electron chi connectivity index (χ0n) is 11.9. The maximum Gasteiger partial charge on any atom is 0.331 e. The number of rotatable bonds is 6. The van der Waals surface area contributed by atoms with E-state index >= 15 is 0 Å². The normalized spacial score (nSPS) is 11.3. The Kier molecular flexibility index (Phi) is 4.06. The van der Waals surface area contributed by atoms with Crippen LogP contribution in [0, 0.1) is 0 Å². The fourth-order valence-electron chi connectivity index (χ4n) is 1.66. The van der Waals surface area contributed by atoms with Gasteiger partial charge in [0.25, 0.3) is 0 Å². The molecular weight excluding hydrogens is 274 g/mol. The summed E-state index contributed by atoms with van der Waals surface area (Å²) >= 11 is 0. The number of hydrogen-bond donors (Lipinski definition) is 2. The van der Waals surface area contributed by atoms with Crippen LogP contribution in [0.25, 0.3) is 0 Å². The van der Waals surface area contributed by atoms with E-state index in [9.17, 15) is 9.59 Å². The molecule has 0 atom stereocenters. The van der Waals surface area contributed by atoms with Crippen molar-refractivity contribution in [1.82, 2.24) is 19.6 Å². The van der Waals surface area contributed by atoms with Crippen LogP contribution in [0.15, 0.2) is 30.9 Å². The van der Waals surface area contributed by atoms with Gasteiger partial charge >= 0.3 is 5.97 Å². The first-order valence-electron chi connectivity index (χ1n) is 6.45. The van der Waals surface area contributed by atoms with Crippen molar-refractivity contribution >= 4 is 17.6 Å². The van der Waals surface area contributed by atoms with Gasteiger partial charge in [-0.05, 0) is 19.9 Å². The Morgan fingerprint density at radius 2 is 2.14 bits per heavy atom. The SMILES string of the molecule is CC(C)(C(=O)O)n1cc(NC(=O)CCn2cccn2)cn1. The Morgan fingerprint density at radius 1 is 1.38 bits per heavy atom. The topological polar surface area (TPSA) is 102 Å². The fourth-order valence-corrected chi connectivity index (χ4v) is 1.66. The Morgan fingerprint density at radius 3 is 2.76 bits per heavy atom. The summed E-state index contributed by atoms with van der Waals surface area (Å²) in [5, 5.41) is 19.8. The fraction of sp³-hybridized carbons (Fsp3) is 0.385. The second kappa shape index (κ2) is 5.78. The molecule has 2 N–H and O–H groups in total. The van der Waals surface area contributed by atoms with Gasteiger partial charge in [0.15, 0.2) is 5.54 Å². The standard InChI is InChI=1S/C13H17N5O3/c1-13(2,12(20)21)18-9-10(8-15-18)16-11(19)4-7-17-6-3-5-14-17/h3,5-6,8-9H,4,7H2,1-2H3,(H,16,19)(H,20,21). The molecule has 0 bridgehead atoms. The summed E-state index contributed by atoms with van der Waals surface area (Å²) in [6.07, 6.45) is 6.63. The molecule has 0 aliphatic rings. The third-order valence-electron chi connectivity index (χ3n) is 3.09. The van der Waals surface area contributed by atoms with Crippen LogP contribution in [0.2, 0.25) is 0 Å². The van der Waals surface area contributed by atoms with E-state index in [4.69, 9.17) is 5.11 Å². The van der Waals surface area contributed by atoms with Crippen molar-refractivity contribution in [3.05, 3.63) is 30.9 Å². The molecule has 8 heteroatoms. The number of amides is 1. The number of carboxylic acid groups (broad SMARTS) is 1. The van der Waals surface area contributed by atoms with E-state index in [1.165, 1.54) is 30.9 Å². The number of aromatic nitrogens is 4. The van der Waals surface area contributed by atoms with Gasteiger partial charge in [-0.15, -0.1) is 0 Å². The number of hydrogen-bond acceptors (Lipinski definition) is 4. The van der Waals surface area contributed by atoms with Crippen LogP contribution in [0.3, 0.4) is 0 Å². The molecule has 2 aromatic heterocycles. The van der Waals surface area contributed by atoms with Crippen LogP contribution >= 0.6 is 0 Å². The number of carboxylic acids is 1. The van der Waals surface area contributed by atoms with Crippen LogP contribution in [0.1, 0.15) is 20.3 Å². The molecule has 112 valence electrons. The predicted octanol–water partition coefficient (Wildman–Crippen LogP) is 0.928. The van der Waals surface area contributed by atoms with Gasteiger partial charge in [0, 0.05) is 31.6 Å². The molecule has 8 nitrogen and oxygen atoms in total. The van der Waals surface area contributed by atoms with Crippen molar-refractivity contribution in [2.24, 2.45) is 0 Å². The van der Waals surface area contributed by atoms with E-state index in [-0.39, 0.29) is 12.3 Å². The van der Waals surface area contributed by atoms with Crippen LogP contribution in [-0.4, -0.2) is 36.5 Å². The van der Waals surface area contributed by atoms with Crippen LogP contribution in [0.5, 0.6) is 0 Å². The van der Waals surface area contributed by atoms with Crippen molar-refractivity contribution < 1.29 is 14.7 Å². The summed E-state index contributed by atoms with van der Waals surface area (Å²) in [5.74, 6) is -1.18. The van der Waals surface area contributed by atoms with E-state index in [0.29, 0.717) is 12.2 Å². The molecule has 0 fully saturated rings. The highest BCUT2D eigenvalue weighted by Gasteiger charge is 2.30. The lowest BCUT2D eigenvalue weighted by molar-refractivity contribution is -0.146. The number of nitrogens with zero attached hydrogens (tertiary/aromatic N) is 4. The minimum atomic E-state index is -1.17. The molecule has 0 radical (unpaired) electrons. The van der Waals surface area contributed by atoms with Crippen LogP contribution in [0.4, 0.5) is 5.69 Å². The third kappa shape index (κ3) is 3.47. The average molecular weight is 291 g/mol. The van der Waals surface area contributed by atoms with Gasteiger partial charge in [-0.1, -0.05) is 0 Å². The van der Waals surface area contributed by atoms with E-state index in [0.717, 1.165) is 0 Å². The van der Waals surface area contributed by atoms with Crippen LogP contribution < -0.4 is 5.32 Å². The summed E-state index contributed by atoms with van der Waals surface area (Å²) in [6.45, 7) is 3.55. The number of nitrogens with one attached hydrogen (secondary N) is 1. The second-order valence-electron chi connectivity index (χ2n) is 5.11. The lowest BCUT2D eigenvalue weighted by Gasteiger charge is -2.19. The highest BCUT2D eigenvalue weighted by Crippen LogP contribution is 2.17. The van der Waals surface area contributed by atoms with E-state index in [2.05, 4.69) is 15.5 Å². The minimum Gasteiger partial charge on any atom is -0.479 e. The summed E-state index contributed by atoms with van der Waals surface area (Å²) in [5.41, 5.74) is -0.701. The van der Waals surface area contributed by atoms with E-state index < -0.39 is 11.5 Å². The smallest absolute Gasteiger partial charge is 0.331 e. The molecule has 0 unspecified atom stereocenters. The van der Waals surface area contributed by atoms with E-state index in [1.54, 1.807) is 23.1 Å². The lowest BCUT2D eigenvalue weighted by Crippen LogP contribution is -2.35. The molecule has 0 saturated carbocycles. The molecule has 0 aliphatic heterocycles. The maximum absolute atomic E-state index is 11.8. The first-order valence-corrected chi connectivity index (χ1v) is 6.45. The van der Waals surface area contributed by atoms with Gasteiger partial charge in [-0.25, -0.2) is 4.79 Å². The Bertz CT molecular complexity index is 630. The van der Waals surface area contributed by atoms with Crippen molar-refractivity contribution in [3.63, 3.8) is 0 Å². The van der Waals surface area contributed by atoms with Gasteiger partial charge in [-0.2, -0.15) is 10.2 Å². The quantitative estimate of drug-likeness (QED) is 0.824. The highest BCUT2D eigenvalue weighted by atomic mass is 16.4. The average Bonchev–Trinajstić information content (AvgIpc) is 3.07. The van der Waals surface area contributed by atoms with Gasteiger partial charge in [0.2, 0.25) is 5.91 Å². The molecule has 0 spiro atoms. The van der Waals surface area contributed by atoms with Gasteiger partial charge in [0.05, 0.1) is 11.9 Å². The number of anilines is 1. The zero-order chi connectivity index (χ0) is 15.5. The second-order valence-corrected chi connectivity index (χ2v) is 5.11. The first kappa shape index (κ1) is 14.8. The molecule has 2 rings (SSSR count).